The van der Waals surface area contributed by atoms with Gasteiger partial charge in [0.2, 0.25) is 0 Å². The summed E-state index contributed by atoms with van der Waals surface area (Å²) in [5.74, 6) is -0.262. The van der Waals surface area contributed by atoms with E-state index < -0.39 is 0 Å². The van der Waals surface area contributed by atoms with E-state index in [0.717, 1.165) is 23.1 Å². The normalized spacial score (nSPS) is 13.8. The zero-order chi connectivity index (χ0) is 17.3. The van der Waals surface area contributed by atoms with Crippen molar-refractivity contribution in [1.29, 1.82) is 0 Å². The number of rotatable bonds is 4. The molecule has 1 aromatic carbocycles. The van der Waals surface area contributed by atoms with Crippen molar-refractivity contribution in [1.82, 2.24) is 5.32 Å². The number of carbonyl (C=O) groups is 3. The van der Waals surface area contributed by atoms with E-state index in [0.29, 0.717) is 28.5 Å². The van der Waals surface area contributed by atoms with Gasteiger partial charge in [-0.3, -0.25) is 14.5 Å². The van der Waals surface area contributed by atoms with Gasteiger partial charge in [-0.1, -0.05) is 6.07 Å². The van der Waals surface area contributed by atoms with Gasteiger partial charge in [-0.25, -0.2) is 4.79 Å². The lowest BCUT2D eigenvalue weighted by Crippen LogP contribution is -2.28. The van der Waals surface area contributed by atoms with Crippen LogP contribution in [0.15, 0.2) is 24.3 Å². The molecule has 2 heterocycles. The number of nitrogens with one attached hydrogen (secondary N) is 2. The van der Waals surface area contributed by atoms with Gasteiger partial charge in [0.05, 0.1) is 15.4 Å². The number of benzene rings is 1. The molecule has 124 valence electrons. The van der Waals surface area contributed by atoms with E-state index in [-0.39, 0.29) is 11.9 Å². The number of thiophene rings is 1. The smallest absolute Gasteiger partial charge is 0.322 e. The van der Waals surface area contributed by atoms with Crippen molar-refractivity contribution in [2.45, 2.75) is 13.8 Å². The second-order valence-corrected chi connectivity index (χ2v) is 6.65. The Labute approximate surface area is 143 Å². The third-order valence-corrected chi connectivity index (χ3v) is 5.15. The molecule has 1 saturated heterocycles. The number of aldehydes is 1. The number of nitrogens with zero attached hydrogens (tertiary/aromatic N) is 1. The number of amides is 3. The molecule has 0 spiro atoms. The summed E-state index contributed by atoms with van der Waals surface area (Å²) in [5.41, 5.74) is 3.04. The first kappa shape index (κ1) is 16.2. The molecule has 6 nitrogen and oxygen atoms in total. The standard InChI is InChI=1S/C17H17N3O3S/c1-10-8-14(24-15(10)9-21)16(22)19-12-4-3-5-13(11(12)2)20-7-6-18-17(20)23/h3-5,8-9H,6-7H2,1-2H3,(H,18,23)(H,19,22). The molecular weight excluding hydrogens is 326 g/mol. The fourth-order valence-electron chi connectivity index (χ4n) is 2.66. The van der Waals surface area contributed by atoms with Gasteiger partial charge in [-0.15, -0.1) is 11.3 Å². The number of hydrogen-bond acceptors (Lipinski definition) is 4. The number of hydrogen-bond donors (Lipinski definition) is 2. The summed E-state index contributed by atoms with van der Waals surface area (Å²) < 4.78 is 0. The van der Waals surface area contributed by atoms with E-state index in [9.17, 15) is 14.4 Å². The highest BCUT2D eigenvalue weighted by Gasteiger charge is 2.23. The van der Waals surface area contributed by atoms with Crippen LogP contribution in [0.2, 0.25) is 0 Å². The van der Waals surface area contributed by atoms with Crippen LogP contribution in [0.4, 0.5) is 16.2 Å². The van der Waals surface area contributed by atoms with E-state index in [1.807, 2.05) is 13.0 Å². The maximum atomic E-state index is 12.4. The molecule has 2 N–H and O–H groups in total. The molecule has 2 aromatic rings. The minimum atomic E-state index is -0.262. The van der Waals surface area contributed by atoms with Gasteiger partial charge in [-0.05, 0) is 43.2 Å². The molecular formula is C17H17N3O3S. The van der Waals surface area contributed by atoms with E-state index in [2.05, 4.69) is 10.6 Å². The summed E-state index contributed by atoms with van der Waals surface area (Å²) in [5, 5.41) is 5.63. The monoisotopic (exact) mass is 343 g/mol. The summed E-state index contributed by atoms with van der Waals surface area (Å²) in [4.78, 5) is 37.9. The van der Waals surface area contributed by atoms with Crippen LogP contribution in [0.3, 0.4) is 0 Å². The van der Waals surface area contributed by atoms with Gasteiger partial charge >= 0.3 is 6.03 Å². The van der Waals surface area contributed by atoms with Crippen molar-refractivity contribution in [3.8, 4) is 0 Å². The van der Waals surface area contributed by atoms with Crippen LogP contribution in [0.25, 0.3) is 0 Å². The van der Waals surface area contributed by atoms with Crippen molar-refractivity contribution in [3.05, 3.63) is 45.1 Å². The van der Waals surface area contributed by atoms with Crippen molar-refractivity contribution < 1.29 is 14.4 Å². The molecule has 0 radical (unpaired) electrons. The molecule has 0 bridgehead atoms. The summed E-state index contributed by atoms with van der Waals surface area (Å²) in [6.45, 7) is 4.88. The van der Waals surface area contributed by atoms with Crippen LogP contribution in [-0.4, -0.2) is 31.3 Å². The zero-order valence-electron chi connectivity index (χ0n) is 13.4. The van der Waals surface area contributed by atoms with Gasteiger partial charge in [0, 0.05) is 18.8 Å². The molecule has 1 fully saturated rings. The Hall–Kier alpha value is -2.67. The quantitative estimate of drug-likeness (QED) is 0.838. The molecule has 7 heteroatoms. The first-order chi connectivity index (χ1) is 11.5. The van der Waals surface area contributed by atoms with Crippen molar-refractivity contribution >= 4 is 40.9 Å². The Kier molecular flexibility index (Phi) is 4.35. The highest BCUT2D eigenvalue weighted by Crippen LogP contribution is 2.29. The van der Waals surface area contributed by atoms with Crippen LogP contribution in [0.1, 0.15) is 30.5 Å². The predicted molar refractivity (Wildman–Crippen MR) is 94.3 cm³/mol. The average molecular weight is 343 g/mol. The van der Waals surface area contributed by atoms with Gasteiger partial charge in [0.25, 0.3) is 5.91 Å². The Morgan fingerprint density at radius 3 is 2.79 bits per heavy atom. The fourth-order valence-corrected chi connectivity index (χ4v) is 3.55. The van der Waals surface area contributed by atoms with Gasteiger partial charge in [0.1, 0.15) is 0 Å². The molecule has 0 atom stereocenters. The molecule has 3 rings (SSSR count). The molecule has 0 saturated carbocycles. The van der Waals surface area contributed by atoms with E-state index in [1.54, 1.807) is 30.0 Å². The molecule has 0 aliphatic carbocycles. The van der Waals surface area contributed by atoms with Crippen LogP contribution in [-0.2, 0) is 0 Å². The summed E-state index contributed by atoms with van der Waals surface area (Å²) in [6, 6.07) is 7.03. The highest BCUT2D eigenvalue weighted by atomic mass is 32.1. The topological polar surface area (TPSA) is 78.5 Å². The van der Waals surface area contributed by atoms with Crippen molar-refractivity contribution in [3.63, 3.8) is 0 Å². The van der Waals surface area contributed by atoms with Crippen molar-refractivity contribution in [2.24, 2.45) is 0 Å². The average Bonchev–Trinajstić information content (AvgIpc) is 3.15. The van der Waals surface area contributed by atoms with E-state index in [4.69, 9.17) is 0 Å². The van der Waals surface area contributed by atoms with Crippen LogP contribution < -0.4 is 15.5 Å². The second-order valence-electron chi connectivity index (χ2n) is 5.56. The Morgan fingerprint density at radius 2 is 2.17 bits per heavy atom. The molecule has 0 unspecified atom stereocenters. The second kappa shape index (κ2) is 6.45. The first-order valence-corrected chi connectivity index (χ1v) is 8.35. The van der Waals surface area contributed by atoms with Crippen LogP contribution in [0.5, 0.6) is 0 Å². The highest BCUT2D eigenvalue weighted by molar-refractivity contribution is 7.15. The zero-order valence-corrected chi connectivity index (χ0v) is 14.2. The number of carbonyl (C=O) groups excluding carboxylic acids is 3. The predicted octanol–water partition coefficient (Wildman–Crippen LogP) is 2.96. The third-order valence-electron chi connectivity index (χ3n) is 3.99. The fraction of sp³-hybridized carbons (Fsp3) is 0.235. The van der Waals surface area contributed by atoms with Gasteiger partial charge in [-0.2, -0.15) is 0 Å². The molecule has 1 aliphatic rings. The molecule has 3 amide bonds. The lowest BCUT2D eigenvalue weighted by molar-refractivity contribution is 0.103. The largest absolute Gasteiger partial charge is 0.336 e. The minimum absolute atomic E-state index is 0.133. The van der Waals surface area contributed by atoms with E-state index >= 15 is 0 Å². The lowest BCUT2D eigenvalue weighted by Gasteiger charge is -2.19. The Balaban J connectivity index is 1.86. The van der Waals surface area contributed by atoms with Crippen LogP contribution in [0, 0.1) is 13.8 Å². The Morgan fingerprint density at radius 1 is 1.38 bits per heavy atom. The van der Waals surface area contributed by atoms with Gasteiger partial charge < -0.3 is 10.6 Å². The van der Waals surface area contributed by atoms with Crippen LogP contribution >= 0.6 is 11.3 Å². The number of aryl methyl sites for hydroxylation is 1. The summed E-state index contributed by atoms with van der Waals surface area (Å²) >= 11 is 1.17. The van der Waals surface area contributed by atoms with Gasteiger partial charge in [0.15, 0.2) is 6.29 Å². The minimum Gasteiger partial charge on any atom is -0.336 e. The third kappa shape index (κ3) is 2.90. The van der Waals surface area contributed by atoms with Crippen molar-refractivity contribution in [2.75, 3.05) is 23.3 Å². The molecule has 1 aliphatic heterocycles. The number of urea groups is 1. The lowest BCUT2D eigenvalue weighted by atomic mass is 10.1. The molecule has 1 aromatic heterocycles. The maximum absolute atomic E-state index is 12.4. The van der Waals surface area contributed by atoms with E-state index in [1.165, 1.54) is 11.3 Å². The Bertz CT molecular complexity index is 828. The number of anilines is 2. The molecule has 24 heavy (non-hydrogen) atoms. The first-order valence-electron chi connectivity index (χ1n) is 7.53. The maximum Gasteiger partial charge on any atom is 0.322 e. The SMILES string of the molecule is Cc1cc(C(=O)Nc2cccc(N3CCNC3=O)c2C)sc1C=O. The summed E-state index contributed by atoms with van der Waals surface area (Å²) in [7, 11) is 0. The summed E-state index contributed by atoms with van der Waals surface area (Å²) in [6.07, 6.45) is 0.759.